The van der Waals surface area contributed by atoms with Crippen LogP contribution in [-0.4, -0.2) is 24.1 Å². The predicted octanol–water partition coefficient (Wildman–Crippen LogP) is 3.83. The molecule has 22 heavy (non-hydrogen) atoms. The number of hydrogen-bond donors (Lipinski definition) is 1. The first kappa shape index (κ1) is 16.4. The van der Waals surface area contributed by atoms with E-state index in [1.165, 1.54) is 4.90 Å². The lowest BCUT2D eigenvalue weighted by molar-refractivity contribution is -0.141. The molecule has 0 saturated heterocycles. The molecule has 0 aliphatic heterocycles. The highest BCUT2D eigenvalue weighted by Gasteiger charge is 2.33. The second-order valence-electron chi connectivity index (χ2n) is 4.81. The Labute approximate surface area is 130 Å². The van der Waals surface area contributed by atoms with Gasteiger partial charge in [0.15, 0.2) is 5.69 Å². The van der Waals surface area contributed by atoms with Crippen molar-refractivity contribution in [3.63, 3.8) is 0 Å². The van der Waals surface area contributed by atoms with Gasteiger partial charge >= 0.3 is 6.18 Å². The largest absolute Gasteiger partial charge is 0.433 e. The molecule has 0 atom stereocenters. The minimum absolute atomic E-state index is 0.0847. The topological polar surface area (TPSA) is 41.1 Å². The zero-order valence-corrected chi connectivity index (χ0v) is 12.7. The fraction of sp³-hybridized carbons (Fsp3) is 0.286. The van der Waals surface area contributed by atoms with Gasteiger partial charge in [-0.2, -0.15) is 18.2 Å². The zero-order valence-electron chi connectivity index (χ0n) is 11.9. The highest BCUT2D eigenvalue weighted by Crippen LogP contribution is 2.30. The lowest BCUT2D eigenvalue weighted by Crippen LogP contribution is -2.17. The second-order valence-corrected chi connectivity index (χ2v) is 5.25. The van der Waals surface area contributed by atoms with E-state index in [-0.39, 0.29) is 18.3 Å². The van der Waals surface area contributed by atoms with Crippen LogP contribution in [0, 0.1) is 0 Å². The third-order valence-electron chi connectivity index (χ3n) is 2.80. The normalized spacial score (nSPS) is 11.4. The van der Waals surface area contributed by atoms with E-state index in [0.29, 0.717) is 5.02 Å². The molecule has 1 aromatic heterocycles. The Bertz CT molecular complexity index is 659. The molecule has 0 amide bonds. The summed E-state index contributed by atoms with van der Waals surface area (Å²) in [7, 11) is 3.23. The van der Waals surface area contributed by atoms with Crippen LogP contribution in [0.4, 0.5) is 24.9 Å². The van der Waals surface area contributed by atoms with Crippen LogP contribution in [0.1, 0.15) is 11.3 Å². The fourth-order valence-electron chi connectivity index (χ4n) is 1.72. The molecule has 4 nitrogen and oxygen atoms in total. The summed E-state index contributed by atoms with van der Waals surface area (Å²) in [5.74, 6) is 0.0921. The van der Waals surface area contributed by atoms with Crippen LogP contribution in [0.25, 0.3) is 0 Å². The molecule has 2 rings (SSSR count). The Morgan fingerprint density at radius 1 is 1.18 bits per heavy atom. The van der Waals surface area contributed by atoms with Gasteiger partial charge in [-0.15, -0.1) is 0 Å². The maximum atomic E-state index is 12.9. The molecule has 8 heteroatoms. The minimum Gasteiger partial charge on any atom is -0.363 e. The van der Waals surface area contributed by atoms with Crippen LogP contribution in [0.2, 0.25) is 5.02 Å². The number of aromatic nitrogens is 2. The molecule has 0 aliphatic rings. The number of halogens is 4. The number of alkyl halides is 3. The average Bonchev–Trinajstić information content (AvgIpc) is 2.44. The van der Waals surface area contributed by atoms with Crippen molar-refractivity contribution in [3.8, 4) is 0 Å². The summed E-state index contributed by atoms with van der Waals surface area (Å²) < 4.78 is 38.6. The van der Waals surface area contributed by atoms with E-state index in [4.69, 9.17) is 11.6 Å². The third kappa shape index (κ3) is 4.24. The van der Waals surface area contributed by atoms with E-state index in [0.717, 1.165) is 11.6 Å². The third-order valence-corrected chi connectivity index (χ3v) is 3.04. The molecule has 0 unspecified atom stereocenters. The first-order valence-corrected chi connectivity index (χ1v) is 6.75. The van der Waals surface area contributed by atoms with Crippen molar-refractivity contribution < 1.29 is 13.2 Å². The summed E-state index contributed by atoms with van der Waals surface area (Å²) >= 11 is 5.86. The molecule has 1 aromatic carbocycles. The molecular weight excluding hydrogens is 317 g/mol. The Kier molecular flexibility index (Phi) is 4.75. The van der Waals surface area contributed by atoms with Gasteiger partial charge < -0.3 is 10.2 Å². The first-order valence-electron chi connectivity index (χ1n) is 6.37. The number of anilines is 2. The van der Waals surface area contributed by atoms with Crippen molar-refractivity contribution in [3.05, 3.63) is 46.6 Å². The van der Waals surface area contributed by atoms with Gasteiger partial charge in [0.25, 0.3) is 0 Å². The van der Waals surface area contributed by atoms with Crippen LogP contribution < -0.4 is 10.2 Å². The summed E-state index contributed by atoms with van der Waals surface area (Å²) in [6, 6.07) is 7.91. The van der Waals surface area contributed by atoms with Crippen molar-refractivity contribution in [2.24, 2.45) is 0 Å². The second kappa shape index (κ2) is 6.39. The highest BCUT2D eigenvalue weighted by atomic mass is 35.5. The van der Waals surface area contributed by atoms with Gasteiger partial charge in [-0.1, -0.05) is 23.7 Å². The predicted molar refractivity (Wildman–Crippen MR) is 80.1 cm³/mol. The lowest BCUT2D eigenvalue weighted by Gasteiger charge is -2.16. The Morgan fingerprint density at radius 3 is 2.50 bits per heavy atom. The highest BCUT2D eigenvalue weighted by molar-refractivity contribution is 6.30. The van der Waals surface area contributed by atoms with Gasteiger partial charge in [-0.05, 0) is 17.7 Å². The maximum Gasteiger partial charge on any atom is 0.433 e. The SMILES string of the molecule is CN(C)c1cc(C(F)(F)F)nc(NCc2cccc(Cl)c2)n1. The van der Waals surface area contributed by atoms with Crippen LogP contribution in [0.3, 0.4) is 0 Å². The van der Waals surface area contributed by atoms with Crippen molar-refractivity contribution in [1.82, 2.24) is 9.97 Å². The van der Waals surface area contributed by atoms with Crippen LogP contribution in [-0.2, 0) is 12.7 Å². The molecule has 0 radical (unpaired) electrons. The number of rotatable bonds is 4. The fourth-order valence-corrected chi connectivity index (χ4v) is 1.93. The van der Waals surface area contributed by atoms with Crippen LogP contribution >= 0.6 is 11.6 Å². The standard InChI is InChI=1S/C14H14ClF3N4/c1-22(2)12-7-11(14(16,17)18)20-13(21-12)19-8-9-4-3-5-10(15)6-9/h3-7H,8H2,1-2H3,(H,19,20,21). The van der Waals surface area contributed by atoms with Gasteiger partial charge in [0, 0.05) is 31.7 Å². The summed E-state index contributed by atoms with van der Waals surface area (Å²) in [6.07, 6.45) is -4.53. The number of benzene rings is 1. The zero-order chi connectivity index (χ0) is 16.3. The van der Waals surface area contributed by atoms with Gasteiger partial charge in [-0.3, -0.25) is 0 Å². The Hall–Kier alpha value is -2.02. The van der Waals surface area contributed by atoms with E-state index in [2.05, 4.69) is 15.3 Å². The van der Waals surface area contributed by atoms with Gasteiger partial charge in [0.05, 0.1) is 0 Å². The number of nitrogens with zero attached hydrogens (tertiary/aromatic N) is 3. The number of hydrogen-bond acceptors (Lipinski definition) is 4. The molecule has 118 valence electrons. The Morgan fingerprint density at radius 2 is 1.91 bits per heavy atom. The lowest BCUT2D eigenvalue weighted by atomic mass is 10.2. The van der Waals surface area contributed by atoms with E-state index in [1.54, 1.807) is 38.4 Å². The van der Waals surface area contributed by atoms with Gasteiger partial charge in [-0.25, -0.2) is 4.98 Å². The smallest absolute Gasteiger partial charge is 0.363 e. The maximum absolute atomic E-state index is 12.9. The van der Waals surface area contributed by atoms with E-state index < -0.39 is 11.9 Å². The van der Waals surface area contributed by atoms with Gasteiger partial charge in [0.1, 0.15) is 5.82 Å². The van der Waals surface area contributed by atoms with Crippen LogP contribution in [0.15, 0.2) is 30.3 Å². The molecular formula is C14H14ClF3N4. The first-order chi connectivity index (χ1) is 10.3. The molecule has 0 saturated carbocycles. The van der Waals surface area contributed by atoms with Gasteiger partial charge in [0.2, 0.25) is 5.95 Å². The van der Waals surface area contributed by atoms with E-state index in [9.17, 15) is 13.2 Å². The van der Waals surface area contributed by atoms with E-state index >= 15 is 0 Å². The van der Waals surface area contributed by atoms with Crippen LogP contribution in [0.5, 0.6) is 0 Å². The number of nitrogens with one attached hydrogen (secondary N) is 1. The molecule has 0 fully saturated rings. The molecule has 0 bridgehead atoms. The monoisotopic (exact) mass is 330 g/mol. The summed E-state index contributed by atoms with van der Waals surface area (Å²) in [5, 5.41) is 3.34. The molecule has 0 aliphatic carbocycles. The van der Waals surface area contributed by atoms with Crippen molar-refractivity contribution in [2.45, 2.75) is 12.7 Å². The Balaban J connectivity index is 2.24. The van der Waals surface area contributed by atoms with Crippen molar-refractivity contribution in [1.29, 1.82) is 0 Å². The minimum atomic E-state index is -4.53. The summed E-state index contributed by atoms with van der Waals surface area (Å²) in [4.78, 5) is 9.06. The summed E-state index contributed by atoms with van der Waals surface area (Å²) in [5.41, 5.74) is -0.167. The molecule has 1 heterocycles. The summed E-state index contributed by atoms with van der Waals surface area (Å²) in [6.45, 7) is 0.273. The quantitative estimate of drug-likeness (QED) is 0.925. The molecule has 2 aromatic rings. The average molecular weight is 331 g/mol. The van der Waals surface area contributed by atoms with Crippen molar-refractivity contribution in [2.75, 3.05) is 24.3 Å². The molecule has 1 N–H and O–H groups in total. The van der Waals surface area contributed by atoms with E-state index in [1.807, 2.05) is 0 Å². The van der Waals surface area contributed by atoms with Crippen molar-refractivity contribution >= 4 is 23.4 Å². The molecule has 0 spiro atoms.